The van der Waals surface area contributed by atoms with Gasteiger partial charge < -0.3 is 5.11 Å². The third kappa shape index (κ3) is 3.56. The molecule has 0 amide bonds. The molecule has 0 aliphatic heterocycles. The number of hydrogen-bond acceptors (Lipinski definition) is 2. The topological polar surface area (TPSA) is 20.2 Å². The Hall–Kier alpha value is -0.830. The predicted molar refractivity (Wildman–Crippen MR) is 73.9 cm³/mol. The maximum absolute atomic E-state index is 10.1. The van der Waals surface area contributed by atoms with E-state index in [1.165, 1.54) is 22.5 Å². The van der Waals surface area contributed by atoms with Crippen molar-refractivity contribution in [2.75, 3.05) is 0 Å². The molecule has 2 aromatic rings. The van der Waals surface area contributed by atoms with Gasteiger partial charge in [-0.25, -0.2) is 0 Å². The quantitative estimate of drug-likeness (QED) is 0.891. The van der Waals surface area contributed by atoms with Crippen LogP contribution in [0.2, 0.25) is 4.34 Å². The summed E-state index contributed by atoms with van der Waals surface area (Å²) in [5, 5.41) is 10.1. The Balaban J connectivity index is 1.98. The summed E-state index contributed by atoms with van der Waals surface area (Å²) >= 11 is 7.40. The Kier molecular flexibility index (Phi) is 4.21. The average molecular weight is 267 g/mol. The standard InChI is InChI=1S/C14H15ClOS/c1-10-4-2-3-5-11(10)8-12(16)9-13-6-7-14(15)17-13/h2-7,12,16H,8-9H2,1H3. The van der Waals surface area contributed by atoms with E-state index in [1.54, 1.807) is 0 Å². The van der Waals surface area contributed by atoms with Crippen LogP contribution in [0.25, 0.3) is 0 Å². The van der Waals surface area contributed by atoms with Crippen molar-refractivity contribution in [3.63, 3.8) is 0 Å². The molecule has 1 nitrogen and oxygen atoms in total. The molecule has 1 aromatic heterocycles. The summed E-state index contributed by atoms with van der Waals surface area (Å²) in [6.45, 7) is 2.07. The molecule has 0 bridgehead atoms. The second-order valence-electron chi connectivity index (χ2n) is 4.19. The number of thiophene rings is 1. The molecule has 0 aliphatic carbocycles. The van der Waals surface area contributed by atoms with Crippen LogP contribution in [-0.2, 0) is 12.8 Å². The molecular formula is C14H15ClOS. The van der Waals surface area contributed by atoms with E-state index < -0.39 is 0 Å². The minimum Gasteiger partial charge on any atom is -0.392 e. The minimum atomic E-state index is -0.342. The van der Waals surface area contributed by atoms with Crippen LogP contribution in [0.5, 0.6) is 0 Å². The highest BCUT2D eigenvalue weighted by atomic mass is 35.5. The van der Waals surface area contributed by atoms with Gasteiger partial charge in [0.05, 0.1) is 10.4 Å². The molecule has 1 N–H and O–H groups in total. The van der Waals surface area contributed by atoms with Gasteiger partial charge in [-0.2, -0.15) is 0 Å². The van der Waals surface area contributed by atoms with E-state index in [9.17, 15) is 5.11 Å². The molecular weight excluding hydrogens is 252 g/mol. The van der Waals surface area contributed by atoms with Gasteiger partial charge >= 0.3 is 0 Å². The van der Waals surface area contributed by atoms with Crippen LogP contribution in [0.15, 0.2) is 36.4 Å². The Labute approximate surface area is 111 Å². The fraction of sp³-hybridized carbons (Fsp3) is 0.286. The van der Waals surface area contributed by atoms with Gasteiger partial charge in [0.2, 0.25) is 0 Å². The fourth-order valence-corrected chi connectivity index (χ4v) is 3.02. The maximum atomic E-state index is 10.1. The molecule has 2 rings (SSSR count). The maximum Gasteiger partial charge on any atom is 0.0931 e. The van der Waals surface area contributed by atoms with E-state index in [4.69, 9.17) is 11.6 Å². The van der Waals surface area contributed by atoms with Crippen molar-refractivity contribution in [2.24, 2.45) is 0 Å². The van der Waals surface area contributed by atoms with Gasteiger partial charge in [0.15, 0.2) is 0 Å². The third-order valence-electron chi connectivity index (χ3n) is 2.78. The molecule has 0 radical (unpaired) electrons. The first-order chi connectivity index (χ1) is 8.15. The van der Waals surface area contributed by atoms with Gasteiger partial charge in [-0.15, -0.1) is 11.3 Å². The number of halogens is 1. The first kappa shape index (κ1) is 12.6. The van der Waals surface area contributed by atoms with Gasteiger partial charge in [0.25, 0.3) is 0 Å². The largest absolute Gasteiger partial charge is 0.392 e. The van der Waals surface area contributed by atoms with Crippen LogP contribution in [0.3, 0.4) is 0 Å². The molecule has 0 spiro atoms. The van der Waals surface area contributed by atoms with E-state index in [0.29, 0.717) is 12.8 Å². The molecule has 1 aromatic carbocycles. The number of rotatable bonds is 4. The lowest BCUT2D eigenvalue weighted by Gasteiger charge is -2.11. The van der Waals surface area contributed by atoms with Crippen LogP contribution < -0.4 is 0 Å². The first-order valence-corrected chi connectivity index (χ1v) is 6.81. The van der Waals surface area contributed by atoms with Gasteiger partial charge in [-0.3, -0.25) is 0 Å². The van der Waals surface area contributed by atoms with Crippen molar-refractivity contribution in [3.05, 3.63) is 56.7 Å². The summed E-state index contributed by atoms with van der Waals surface area (Å²) in [6.07, 6.45) is 1.03. The number of aliphatic hydroxyl groups is 1. The second kappa shape index (κ2) is 5.67. The van der Waals surface area contributed by atoms with Crippen LogP contribution in [0.1, 0.15) is 16.0 Å². The van der Waals surface area contributed by atoms with Crippen LogP contribution in [0.4, 0.5) is 0 Å². The minimum absolute atomic E-state index is 0.342. The Morgan fingerprint density at radius 1 is 1.18 bits per heavy atom. The van der Waals surface area contributed by atoms with Crippen molar-refractivity contribution in [3.8, 4) is 0 Å². The predicted octanol–water partition coefficient (Wildman–Crippen LogP) is 3.86. The average Bonchev–Trinajstić information content (AvgIpc) is 2.67. The lowest BCUT2D eigenvalue weighted by Crippen LogP contribution is -2.13. The molecule has 90 valence electrons. The van der Waals surface area contributed by atoms with E-state index in [2.05, 4.69) is 19.1 Å². The SMILES string of the molecule is Cc1ccccc1CC(O)Cc1ccc(Cl)s1. The van der Waals surface area contributed by atoms with E-state index in [-0.39, 0.29) is 6.10 Å². The summed E-state index contributed by atoms with van der Waals surface area (Å²) in [7, 11) is 0. The monoisotopic (exact) mass is 266 g/mol. The normalized spacial score (nSPS) is 12.6. The number of hydrogen-bond donors (Lipinski definition) is 1. The Morgan fingerprint density at radius 2 is 1.94 bits per heavy atom. The second-order valence-corrected chi connectivity index (χ2v) is 5.99. The van der Waals surface area contributed by atoms with Gasteiger partial charge in [0.1, 0.15) is 0 Å². The van der Waals surface area contributed by atoms with Gasteiger partial charge in [-0.05, 0) is 36.6 Å². The van der Waals surface area contributed by atoms with Gasteiger partial charge in [-0.1, -0.05) is 35.9 Å². The third-order valence-corrected chi connectivity index (χ3v) is 4.04. The summed E-state index contributed by atoms with van der Waals surface area (Å²) < 4.78 is 0.781. The zero-order valence-corrected chi connectivity index (χ0v) is 11.3. The summed E-state index contributed by atoms with van der Waals surface area (Å²) in [4.78, 5) is 1.14. The van der Waals surface area contributed by atoms with Crippen molar-refractivity contribution in [2.45, 2.75) is 25.9 Å². The van der Waals surface area contributed by atoms with E-state index in [0.717, 1.165) is 9.21 Å². The van der Waals surface area contributed by atoms with Crippen LogP contribution >= 0.6 is 22.9 Å². The van der Waals surface area contributed by atoms with Crippen LogP contribution in [0, 0.1) is 6.92 Å². The lowest BCUT2D eigenvalue weighted by molar-refractivity contribution is 0.176. The summed E-state index contributed by atoms with van der Waals surface area (Å²) in [5.74, 6) is 0. The molecule has 0 saturated heterocycles. The molecule has 1 unspecified atom stereocenters. The highest BCUT2D eigenvalue weighted by Gasteiger charge is 2.09. The highest BCUT2D eigenvalue weighted by Crippen LogP contribution is 2.23. The van der Waals surface area contributed by atoms with Gasteiger partial charge in [0, 0.05) is 11.3 Å². The van der Waals surface area contributed by atoms with E-state index >= 15 is 0 Å². The molecule has 0 fully saturated rings. The molecule has 0 saturated carbocycles. The van der Waals surface area contributed by atoms with Crippen LogP contribution in [-0.4, -0.2) is 11.2 Å². The smallest absolute Gasteiger partial charge is 0.0931 e. The number of benzene rings is 1. The number of aryl methyl sites for hydroxylation is 1. The zero-order chi connectivity index (χ0) is 12.3. The van der Waals surface area contributed by atoms with Crippen molar-refractivity contribution in [1.82, 2.24) is 0 Å². The Morgan fingerprint density at radius 3 is 2.59 bits per heavy atom. The number of aliphatic hydroxyl groups excluding tert-OH is 1. The molecule has 1 atom stereocenters. The summed E-state index contributed by atoms with van der Waals surface area (Å²) in [6, 6.07) is 12.0. The molecule has 3 heteroatoms. The zero-order valence-electron chi connectivity index (χ0n) is 9.69. The molecule has 0 aliphatic rings. The van der Waals surface area contributed by atoms with E-state index in [1.807, 2.05) is 24.3 Å². The molecule has 1 heterocycles. The lowest BCUT2D eigenvalue weighted by atomic mass is 10.0. The first-order valence-electron chi connectivity index (χ1n) is 5.62. The van der Waals surface area contributed by atoms with Crippen molar-refractivity contribution >= 4 is 22.9 Å². The van der Waals surface area contributed by atoms with Crippen molar-refractivity contribution < 1.29 is 5.11 Å². The summed E-state index contributed by atoms with van der Waals surface area (Å²) in [5.41, 5.74) is 2.44. The Bertz CT molecular complexity index is 492. The molecule has 17 heavy (non-hydrogen) atoms. The van der Waals surface area contributed by atoms with Crippen molar-refractivity contribution in [1.29, 1.82) is 0 Å². The highest BCUT2D eigenvalue weighted by molar-refractivity contribution is 7.16. The fourth-order valence-electron chi connectivity index (χ4n) is 1.86.